The van der Waals surface area contributed by atoms with Crippen molar-refractivity contribution in [3.63, 3.8) is 0 Å². The standard InChI is InChI=1S/C17H25N3O3/c1-3-13(2)19-16(21)12-18-15-6-4-5-14(11-15)17(22)20-7-9-23-10-8-20/h4-6,11,13,18H,3,7-10,12H2,1-2H3,(H,19,21). The minimum absolute atomic E-state index is 0.000932. The second-order valence-electron chi connectivity index (χ2n) is 5.72. The van der Waals surface area contributed by atoms with Crippen LogP contribution in [-0.2, 0) is 9.53 Å². The van der Waals surface area contributed by atoms with E-state index in [9.17, 15) is 9.59 Å². The number of nitrogens with zero attached hydrogens (tertiary/aromatic N) is 1. The molecule has 1 heterocycles. The third-order valence-electron chi connectivity index (χ3n) is 3.88. The zero-order valence-corrected chi connectivity index (χ0v) is 13.8. The van der Waals surface area contributed by atoms with Crippen molar-refractivity contribution in [2.24, 2.45) is 0 Å². The molecule has 0 radical (unpaired) electrons. The van der Waals surface area contributed by atoms with Gasteiger partial charge < -0.3 is 20.3 Å². The monoisotopic (exact) mass is 319 g/mol. The molecular formula is C17H25N3O3. The number of anilines is 1. The lowest BCUT2D eigenvalue weighted by Gasteiger charge is -2.27. The van der Waals surface area contributed by atoms with E-state index in [-0.39, 0.29) is 24.4 Å². The zero-order valence-electron chi connectivity index (χ0n) is 13.8. The molecule has 1 fully saturated rings. The van der Waals surface area contributed by atoms with Crippen LogP contribution in [0.1, 0.15) is 30.6 Å². The molecule has 1 unspecified atom stereocenters. The van der Waals surface area contributed by atoms with Gasteiger partial charge in [0.2, 0.25) is 5.91 Å². The number of morpholine rings is 1. The summed E-state index contributed by atoms with van der Waals surface area (Å²) >= 11 is 0. The molecular weight excluding hydrogens is 294 g/mol. The van der Waals surface area contributed by atoms with Crippen molar-refractivity contribution in [2.75, 3.05) is 38.2 Å². The Kier molecular flexibility index (Phi) is 6.40. The van der Waals surface area contributed by atoms with Gasteiger partial charge in [0.1, 0.15) is 0 Å². The van der Waals surface area contributed by atoms with Crippen LogP contribution in [0.2, 0.25) is 0 Å². The molecule has 1 aromatic carbocycles. The molecule has 2 rings (SSSR count). The van der Waals surface area contributed by atoms with Gasteiger partial charge in [-0.25, -0.2) is 0 Å². The third kappa shape index (κ3) is 5.25. The van der Waals surface area contributed by atoms with E-state index in [2.05, 4.69) is 10.6 Å². The van der Waals surface area contributed by atoms with Gasteiger partial charge in [0.25, 0.3) is 5.91 Å². The average Bonchev–Trinajstić information content (AvgIpc) is 2.60. The second-order valence-corrected chi connectivity index (χ2v) is 5.72. The van der Waals surface area contributed by atoms with Crippen LogP contribution in [0, 0.1) is 0 Å². The molecule has 1 saturated heterocycles. The smallest absolute Gasteiger partial charge is 0.254 e. The summed E-state index contributed by atoms with van der Waals surface area (Å²) in [5, 5.41) is 5.96. The number of amides is 2. The minimum Gasteiger partial charge on any atom is -0.378 e. The number of carbonyl (C=O) groups excluding carboxylic acids is 2. The highest BCUT2D eigenvalue weighted by Crippen LogP contribution is 2.13. The van der Waals surface area contributed by atoms with E-state index in [4.69, 9.17) is 4.74 Å². The Morgan fingerprint density at radius 3 is 2.74 bits per heavy atom. The number of hydrogen-bond acceptors (Lipinski definition) is 4. The van der Waals surface area contributed by atoms with E-state index in [0.29, 0.717) is 31.9 Å². The molecule has 2 amide bonds. The Hall–Kier alpha value is -2.08. The van der Waals surface area contributed by atoms with Crippen molar-refractivity contribution in [1.29, 1.82) is 0 Å². The van der Waals surface area contributed by atoms with Crippen LogP contribution in [0.25, 0.3) is 0 Å². The molecule has 0 aliphatic carbocycles. The van der Waals surface area contributed by atoms with Crippen molar-refractivity contribution >= 4 is 17.5 Å². The summed E-state index contributed by atoms with van der Waals surface area (Å²) in [7, 11) is 0. The quantitative estimate of drug-likeness (QED) is 0.833. The molecule has 0 saturated carbocycles. The Morgan fingerprint density at radius 2 is 2.04 bits per heavy atom. The highest BCUT2D eigenvalue weighted by Gasteiger charge is 2.18. The largest absolute Gasteiger partial charge is 0.378 e. The zero-order chi connectivity index (χ0) is 16.7. The lowest BCUT2D eigenvalue weighted by molar-refractivity contribution is -0.120. The Bertz CT molecular complexity index is 542. The van der Waals surface area contributed by atoms with Crippen LogP contribution >= 0.6 is 0 Å². The summed E-state index contributed by atoms with van der Waals surface area (Å²) in [4.78, 5) is 26.0. The molecule has 0 spiro atoms. The van der Waals surface area contributed by atoms with Crippen LogP contribution in [0.15, 0.2) is 24.3 Å². The summed E-state index contributed by atoms with van der Waals surface area (Å²) in [6.45, 7) is 6.60. The molecule has 1 aromatic rings. The lowest BCUT2D eigenvalue weighted by atomic mass is 10.1. The van der Waals surface area contributed by atoms with Crippen molar-refractivity contribution in [2.45, 2.75) is 26.3 Å². The fraction of sp³-hybridized carbons (Fsp3) is 0.529. The van der Waals surface area contributed by atoms with Gasteiger partial charge in [-0.15, -0.1) is 0 Å². The molecule has 1 aliphatic heterocycles. The molecule has 6 heteroatoms. The van der Waals surface area contributed by atoms with Crippen molar-refractivity contribution < 1.29 is 14.3 Å². The van der Waals surface area contributed by atoms with Gasteiger partial charge in [-0.1, -0.05) is 13.0 Å². The van der Waals surface area contributed by atoms with Crippen molar-refractivity contribution in [3.05, 3.63) is 29.8 Å². The number of hydrogen-bond donors (Lipinski definition) is 2. The molecule has 126 valence electrons. The maximum absolute atomic E-state index is 12.4. The lowest BCUT2D eigenvalue weighted by Crippen LogP contribution is -2.40. The van der Waals surface area contributed by atoms with E-state index in [0.717, 1.165) is 12.1 Å². The van der Waals surface area contributed by atoms with Gasteiger partial charge in [0, 0.05) is 30.4 Å². The Balaban J connectivity index is 1.91. The van der Waals surface area contributed by atoms with E-state index in [1.54, 1.807) is 17.0 Å². The molecule has 1 aliphatic rings. The van der Waals surface area contributed by atoms with Crippen LogP contribution in [0.5, 0.6) is 0 Å². The number of benzene rings is 1. The number of nitrogens with one attached hydrogen (secondary N) is 2. The minimum atomic E-state index is -0.0516. The van der Waals surface area contributed by atoms with Crippen molar-refractivity contribution in [3.8, 4) is 0 Å². The molecule has 0 aromatic heterocycles. The van der Waals surface area contributed by atoms with Crippen LogP contribution in [0.3, 0.4) is 0 Å². The van der Waals surface area contributed by atoms with E-state index >= 15 is 0 Å². The molecule has 0 bridgehead atoms. The van der Waals surface area contributed by atoms with E-state index in [1.807, 2.05) is 26.0 Å². The topological polar surface area (TPSA) is 70.7 Å². The summed E-state index contributed by atoms with van der Waals surface area (Å²) in [5.41, 5.74) is 1.39. The average molecular weight is 319 g/mol. The van der Waals surface area contributed by atoms with Crippen molar-refractivity contribution in [1.82, 2.24) is 10.2 Å². The highest BCUT2D eigenvalue weighted by atomic mass is 16.5. The SMILES string of the molecule is CCC(C)NC(=O)CNc1cccc(C(=O)N2CCOCC2)c1. The molecule has 23 heavy (non-hydrogen) atoms. The van der Waals surface area contributed by atoms with Crippen LogP contribution in [0.4, 0.5) is 5.69 Å². The van der Waals surface area contributed by atoms with Crippen LogP contribution in [-0.4, -0.2) is 55.6 Å². The van der Waals surface area contributed by atoms with E-state index < -0.39 is 0 Å². The number of carbonyl (C=O) groups is 2. The first-order valence-corrected chi connectivity index (χ1v) is 8.10. The summed E-state index contributed by atoms with van der Waals surface area (Å²) in [6, 6.07) is 7.42. The van der Waals surface area contributed by atoms with E-state index in [1.165, 1.54) is 0 Å². The fourth-order valence-electron chi connectivity index (χ4n) is 2.32. The fourth-order valence-corrected chi connectivity index (χ4v) is 2.32. The predicted octanol–water partition coefficient (Wildman–Crippen LogP) is 1.49. The Morgan fingerprint density at radius 1 is 1.30 bits per heavy atom. The first kappa shape index (κ1) is 17.3. The Labute approximate surface area is 137 Å². The normalized spacial score (nSPS) is 15.8. The van der Waals surface area contributed by atoms with Crippen LogP contribution < -0.4 is 10.6 Å². The summed E-state index contributed by atoms with van der Waals surface area (Å²) in [5.74, 6) is -0.0507. The predicted molar refractivity (Wildman–Crippen MR) is 89.5 cm³/mol. The second kappa shape index (κ2) is 8.53. The molecule has 2 N–H and O–H groups in total. The summed E-state index contributed by atoms with van der Waals surface area (Å²) in [6.07, 6.45) is 0.898. The van der Waals surface area contributed by atoms with Gasteiger partial charge in [-0.05, 0) is 31.5 Å². The summed E-state index contributed by atoms with van der Waals surface area (Å²) < 4.78 is 5.26. The van der Waals surface area contributed by atoms with Gasteiger partial charge >= 0.3 is 0 Å². The maximum Gasteiger partial charge on any atom is 0.254 e. The number of rotatable bonds is 6. The maximum atomic E-state index is 12.4. The molecule has 1 atom stereocenters. The first-order valence-electron chi connectivity index (χ1n) is 8.10. The number of ether oxygens (including phenoxy) is 1. The first-order chi connectivity index (χ1) is 11.1. The third-order valence-corrected chi connectivity index (χ3v) is 3.88. The molecule has 6 nitrogen and oxygen atoms in total. The van der Waals surface area contributed by atoms with Gasteiger partial charge in [-0.3, -0.25) is 9.59 Å². The highest BCUT2D eigenvalue weighted by molar-refractivity contribution is 5.95. The van der Waals surface area contributed by atoms with Gasteiger partial charge in [0.05, 0.1) is 19.8 Å². The van der Waals surface area contributed by atoms with Gasteiger partial charge in [0.15, 0.2) is 0 Å². The van der Waals surface area contributed by atoms with Gasteiger partial charge in [-0.2, -0.15) is 0 Å².